The number of nitrogens with zero attached hydrogens (tertiary/aromatic N) is 1. The van der Waals surface area contributed by atoms with Crippen LogP contribution in [-0.2, 0) is 20.9 Å². The molecule has 0 spiro atoms. The fraction of sp³-hybridized carbons (Fsp3) is 0.346. The molecular weight excluding hydrogens is 423 g/mol. The minimum absolute atomic E-state index is 0.00513. The van der Waals surface area contributed by atoms with Crippen LogP contribution in [0.25, 0.3) is 0 Å². The van der Waals surface area contributed by atoms with Gasteiger partial charge in [0.05, 0.1) is 18.7 Å². The van der Waals surface area contributed by atoms with Crippen molar-refractivity contribution in [2.24, 2.45) is 0 Å². The normalized spacial score (nSPS) is 16.2. The number of esters is 1. The van der Waals surface area contributed by atoms with Crippen molar-refractivity contribution in [1.82, 2.24) is 10.2 Å². The first-order valence-electron chi connectivity index (χ1n) is 11.0. The number of carbonyl (C=O) groups excluding carboxylic acids is 3. The number of carbonyl (C=O) groups is 3. The molecular formula is C26H29FN2O4. The van der Waals surface area contributed by atoms with Crippen LogP contribution in [0.5, 0.6) is 0 Å². The highest BCUT2D eigenvalue weighted by Gasteiger charge is 2.36. The van der Waals surface area contributed by atoms with E-state index in [9.17, 15) is 18.8 Å². The quantitative estimate of drug-likeness (QED) is 0.635. The Hall–Kier alpha value is -3.48. The van der Waals surface area contributed by atoms with Crippen molar-refractivity contribution >= 4 is 17.8 Å². The average Bonchev–Trinajstić information content (AvgIpc) is 2.76. The summed E-state index contributed by atoms with van der Waals surface area (Å²) in [6.07, 6.45) is 0.0602. The molecule has 1 heterocycles. The highest BCUT2D eigenvalue weighted by atomic mass is 19.1. The first-order chi connectivity index (χ1) is 15.7. The lowest BCUT2D eigenvalue weighted by Crippen LogP contribution is -2.38. The van der Waals surface area contributed by atoms with E-state index in [1.54, 1.807) is 49.1 Å². The summed E-state index contributed by atoms with van der Waals surface area (Å²) in [5.74, 6) is -1.75. The van der Waals surface area contributed by atoms with Crippen LogP contribution in [-0.4, -0.2) is 35.3 Å². The summed E-state index contributed by atoms with van der Waals surface area (Å²) in [5, 5.41) is 2.85. The lowest BCUT2D eigenvalue weighted by molar-refractivity contribution is -0.140. The topological polar surface area (TPSA) is 75.7 Å². The lowest BCUT2D eigenvalue weighted by atomic mass is 9.83. The Bertz CT molecular complexity index is 1080. The molecule has 6 nitrogen and oxygen atoms in total. The van der Waals surface area contributed by atoms with Crippen molar-refractivity contribution in [3.8, 4) is 0 Å². The third-order valence-electron chi connectivity index (χ3n) is 5.54. The van der Waals surface area contributed by atoms with Crippen LogP contribution in [0.4, 0.5) is 4.39 Å². The zero-order valence-corrected chi connectivity index (χ0v) is 19.4. The molecule has 0 saturated carbocycles. The third kappa shape index (κ3) is 5.66. The van der Waals surface area contributed by atoms with Crippen LogP contribution in [0, 0.1) is 5.82 Å². The SMILES string of the molecule is CCOC(=O)C1=C(C)N(Cc2cccc(C(=O)NC(C)C)c2)C(=O)CC1c1ccc(F)cc1. The van der Waals surface area contributed by atoms with E-state index < -0.39 is 11.9 Å². The van der Waals surface area contributed by atoms with E-state index in [1.165, 1.54) is 12.1 Å². The fourth-order valence-electron chi connectivity index (χ4n) is 4.00. The van der Waals surface area contributed by atoms with Crippen LogP contribution in [0.2, 0.25) is 0 Å². The molecule has 2 aromatic carbocycles. The van der Waals surface area contributed by atoms with Crippen LogP contribution < -0.4 is 5.32 Å². The molecule has 1 atom stereocenters. The summed E-state index contributed by atoms with van der Waals surface area (Å²) >= 11 is 0. The molecule has 1 N–H and O–H groups in total. The van der Waals surface area contributed by atoms with Gasteiger partial charge in [0.1, 0.15) is 5.82 Å². The molecule has 1 aliphatic rings. The monoisotopic (exact) mass is 452 g/mol. The largest absolute Gasteiger partial charge is 0.463 e. The number of ether oxygens (including phenoxy) is 1. The second-order valence-corrected chi connectivity index (χ2v) is 8.34. The Balaban J connectivity index is 1.96. The minimum Gasteiger partial charge on any atom is -0.463 e. The Morgan fingerprint density at radius 3 is 2.52 bits per heavy atom. The summed E-state index contributed by atoms with van der Waals surface area (Å²) in [4.78, 5) is 39.9. The van der Waals surface area contributed by atoms with Gasteiger partial charge >= 0.3 is 5.97 Å². The summed E-state index contributed by atoms with van der Waals surface area (Å²) in [6, 6.07) is 12.9. The molecule has 2 aromatic rings. The predicted octanol–water partition coefficient (Wildman–Crippen LogP) is 4.32. The minimum atomic E-state index is -0.517. The van der Waals surface area contributed by atoms with Gasteiger partial charge in [0.15, 0.2) is 0 Å². The highest BCUT2D eigenvalue weighted by Crippen LogP contribution is 2.37. The molecule has 0 aliphatic carbocycles. The number of hydrogen-bond donors (Lipinski definition) is 1. The molecule has 0 saturated heterocycles. The average molecular weight is 453 g/mol. The maximum Gasteiger partial charge on any atom is 0.336 e. The second-order valence-electron chi connectivity index (χ2n) is 8.34. The van der Waals surface area contributed by atoms with E-state index in [0.717, 1.165) is 5.56 Å². The third-order valence-corrected chi connectivity index (χ3v) is 5.54. The van der Waals surface area contributed by atoms with Crippen molar-refractivity contribution in [1.29, 1.82) is 0 Å². The number of amides is 2. The van der Waals surface area contributed by atoms with E-state index in [-0.39, 0.29) is 43.2 Å². The van der Waals surface area contributed by atoms with E-state index in [0.29, 0.717) is 22.4 Å². The zero-order valence-electron chi connectivity index (χ0n) is 19.4. The highest BCUT2D eigenvalue weighted by molar-refractivity contribution is 5.96. The van der Waals surface area contributed by atoms with Gasteiger partial charge in [-0.3, -0.25) is 9.59 Å². The van der Waals surface area contributed by atoms with Crippen LogP contribution in [0.3, 0.4) is 0 Å². The summed E-state index contributed by atoms with van der Waals surface area (Å²) < 4.78 is 18.7. The van der Waals surface area contributed by atoms with E-state index in [1.807, 2.05) is 19.9 Å². The summed E-state index contributed by atoms with van der Waals surface area (Å²) in [5.41, 5.74) is 2.83. The molecule has 2 amide bonds. The molecule has 0 radical (unpaired) electrons. The van der Waals surface area contributed by atoms with Gasteiger partial charge in [-0.25, -0.2) is 9.18 Å². The second kappa shape index (κ2) is 10.4. The molecule has 1 unspecified atom stereocenters. The number of benzene rings is 2. The number of nitrogens with one attached hydrogen (secondary N) is 1. The van der Waals surface area contributed by atoms with Crippen molar-refractivity contribution in [3.05, 3.63) is 82.3 Å². The van der Waals surface area contributed by atoms with Gasteiger partial charge in [0.2, 0.25) is 5.91 Å². The first-order valence-corrected chi connectivity index (χ1v) is 11.0. The standard InChI is InChI=1S/C26H29FN2O4/c1-5-33-26(32)24-17(4)29(23(30)14-22(24)19-9-11-21(27)12-10-19)15-18-7-6-8-20(13-18)25(31)28-16(2)3/h6-13,16,22H,5,14-15H2,1-4H3,(H,28,31). The molecule has 174 valence electrons. The number of halogens is 1. The Morgan fingerprint density at radius 2 is 1.88 bits per heavy atom. The summed E-state index contributed by atoms with van der Waals surface area (Å²) in [6.45, 7) is 7.63. The van der Waals surface area contributed by atoms with E-state index >= 15 is 0 Å². The van der Waals surface area contributed by atoms with Crippen molar-refractivity contribution in [2.45, 2.75) is 52.6 Å². The van der Waals surface area contributed by atoms with Gasteiger partial charge < -0.3 is 15.0 Å². The van der Waals surface area contributed by atoms with Crippen LogP contribution >= 0.6 is 0 Å². The van der Waals surface area contributed by atoms with Crippen LogP contribution in [0.1, 0.15) is 61.5 Å². The van der Waals surface area contributed by atoms with Gasteiger partial charge in [-0.1, -0.05) is 24.3 Å². The molecule has 0 fully saturated rings. The Labute approximate surface area is 193 Å². The summed E-state index contributed by atoms with van der Waals surface area (Å²) in [7, 11) is 0. The smallest absolute Gasteiger partial charge is 0.336 e. The molecule has 3 rings (SSSR count). The van der Waals surface area contributed by atoms with Gasteiger partial charge in [0.25, 0.3) is 5.91 Å². The van der Waals surface area contributed by atoms with Gasteiger partial charge in [-0.15, -0.1) is 0 Å². The predicted molar refractivity (Wildman–Crippen MR) is 123 cm³/mol. The van der Waals surface area contributed by atoms with Crippen molar-refractivity contribution in [3.63, 3.8) is 0 Å². The van der Waals surface area contributed by atoms with E-state index in [4.69, 9.17) is 4.74 Å². The van der Waals surface area contributed by atoms with Crippen LogP contribution in [0.15, 0.2) is 59.8 Å². The van der Waals surface area contributed by atoms with E-state index in [2.05, 4.69) is 5.32 Å². The van der Waals surface area contributed by atoms with Gasteiger partial charge in [-0.05, 0) is 63.1 Å². The molecule has 0 aromatic heterocycles. The Morgan fingerprint density at radius 1 is 1.18 bits per heavy atom. The maximum atomic E-state index is 13.4. The molecule has 1 aliphatic heterocycles. The molecule has 0 bridgehead atoms. The molecule has 33 heavy (non-hydrogen) atoms. The fourth-order valence-corrected chi connectivity index (χ4v) is 4.00. The number of rotatable bonds is 7. The first kappa shape index (κ1) is 24.2. The number of allylic oxidation sites excluding steroid dienone is 1. The van der Waals surface area contributed by atoms with Gasteiger partial charge in [-0.2, -0.15) is 0 Å². The molecule has 7 heteroatoms. The maximum absolute atomic E-state index is 13.4. The zero-order chi connectivity index (χ0) is 24.1. The van der Waals surface area contributed by atoms with Crippen molar-refractivity contribution in [2.75, 3.05) is 6.61 Å². The lowest BCUT2D eigenvalue weighted by Gasteiger charge is -2.34. The van der Waals surface area contributed by atoms with Gasteiger partial charge in [0, 0.05) is 29.6 Å². The Kier molecular flexibility index (Phi) is 7.63. The van der Waals surface area contributed by atoms with Crippen molar-refractivity contribution < 1.29 is 23.5 Å². The number of hydrogen-bond acceptors (Lipinski definition) is 4.